The number of nitrogens with one attached hydrogen (secondary N) is 1. The minimum absolute atomic E-state index is 0.143. The second kappa shape index (κ2) is 8.89. The number of ether oxygens (including phenoxy) is 2. The average molecular weight is 518 g/mol. The van der Waals surface area contributed by atoms with Gasteiger partial charge < -0.3 is 19.6 Å². The molecule has 2 aromatic carbocycles. The number of halogens is 1. The lowest BCUT2D eigenvalue weighted by Crippen LogP contribution is -2.16. The molecule has 2 N–H and O–H groups in total. The molecule has 0 saturated heterocycles. The SMILES string of the molecule is C[C@@H](CO)Oc1cc(Oc2ccc(S(C)(=O)=O)cc2)cc(-c2nc3cc(Br)cnc3[nH]2)c1. The van der Waals surface area contributed by atoms with Crippen molar-refractivity contribution in [1.29, 1.82) is 0 Å². The van der Waals surface area contributed by atoms with Crippen LogP contribution in [0.5, 0.6) is 17.2 Å². The van der Waals surface area contributed by atoms with E-state index in [9.17, 15) is 13.5 Å². The van der Waals surface area contributed by atoms with E-state index in [1.807, 2.05) is 6.07 Å². The fourth-order valence-electron chi connectivity index (χ4n) is 3.00. The van der Waals surface area contributed by atoms with E-state index in [0.29, 0.717) is 39.8 Å². The number of sulfone groups is 1. The smallest absolute Gasteiger partial charge is 0.175 e. The molecule has 4 aromatic rings. The van der Waals surface area contributed by atoms with Crippen molar-refractivity contribution in [2.45, 2.75) is 17.9 Å². The van der Waals surface area contributed by atoms with E-state index < -0.39 is 15.9 Å². The van der Waals surface area contributed by atoms with Crippen molar-refractivity contribution in [3.05, 3.63) is 59.2 Å². The lowest BCUT2D eigenvalue weighted by molar-refractivity contribution is 0.129. The predicted molar refractivity (Wildman–Crippen MR) is 124 cm³/mol. The zero-order chi connectivity index (χ0) is 22.9. The fourth-order valence-corrected chi connectivity index (χ4v) is 3.95. The number of rotatable bonds is 7. The standard InChI is InChI=1S/C22H20BrN3O5S/c1-13(12-27)30-17-7-14(21-25-20-9-15(23)11-24-22(20)26-21)8-18(10-17)31-16-3-5-19(6-4-16)32(2,28)29/h3-11,13,27H,12H2,1-2H3,(H,24,25,26)/t13-/m0/s1. The maximum absolute atomic E-state index is 11.7. The van der Waals surface area contributed by atoms with Gasteiger partial charge in [-0.3, -0.25) is 0 Å². The highest BCUT2D eigenvalue weighted by atomic mass is 79.9. The van der Waals surface area contributed by atoms with Crippen LogP contribution in [-0.2, 0) is 9.84 Å². The molecule has 0 fully saturated rings. The van der Waals surface area contributed by atoms with Crippen LogP contribution in [0.2, 0.25) is 0 Å². The third-order valence-electron chi connectivity index (χ3n) is 4.54. The van der Waals surface area contributed by atoms with Crippen LogP contribution < -0.4 is 9.47 Å². The second-order valence-corrected chi connectivity index (χ2v) is 10.2. The topological polar surface area (TPSA) is 114 Å². The summed E-state index contributed by atoms with van der Waals surface area (Å²) in [4.78, 5) is 12.3. The number of pyridine rings is 1. The molecule has 10 heteroatoms. The number of hydrogen-bond acceptors (Lipinski definition) is 7. The van der Waals surface area contributed by atoms with Gasteiger partial charge in [0.15, 0.2) is 15.5 Å². The van der Waals surface area contributed by atoms with E-state index in [1.54, 1.807) is 43.5 Å². The highest BCUT2D eigenvalue weighted by molar-refractivity contribution is 9.10. The Kier molecular flexibility index (Phi) is 6.18. The van der Waals surface area contributed by atoms with E-state index in [4.69, 9.17) is 9.47 Å². The summed E-state index contributed by atoms with van der Waals surface area (Å²) in [5.41, 5.74) is 2.03. The quantitative estimate of drug-likeness (QED) is 0.374. The van der Waals surface area contributed by atoms with Gasteiger partial charge in [0.05, 0.1) is 11.5 Å². The maximum atomic E-state index is 11.7. The highest BCUT2D eigenvalue weighted by Crippen LogP contribution is 2.33. The molecule has 32 heavy (non-hydrogen) atoms. The van der Waals surface area contributed by atoms with Gasteiger partial charge in [-0.15, -0.1) is 0 Å². The first-order valence-corrected chi connectivity index (χ1v) is 12.3. The summed E-state index contributed by atoms with van der Waals surface area (Å²) in [6.45, 7) is 1.61. The third kappa shape index (κ3) is 5.09. The molecule has 0 unspecified atom stereocenters. The molecule has 166 valence electrons. The van der Waals surface area contributed by atoms with Crippen LogP contribution in [-0.4, -0.2) is 47.4 Å². The summed E-state index contributed by atoms with van der Waals surface area (Å²) in [7, 11) is -3.30. The number of aromatic nitrogens is 3. The van der Waals surface area contributed by atoms with E-state index in [-0.39, 0.29) is 11.5 Å². The highest BCUT2D eigenvalue weighted by Gasteiger charge is 2.13. The Morgan fingerprint density at radius 3 is 2.50 bits per heavy atom. The molecule has 0 spiro atoms. The Balaban J connectivity index is 1.71. The van der Waals surface area contributed by atoms with Crippen LogP contribution in [0.1, 0.15) is 6.92 Å². The normalized spacial score (nSPS) is 12.6. The summed E-state index contributed by atoms with van der Waals surface area (Å²) in [5.74, 6) is 1.99. The van der Waals surface area contributed by atoms with Crippen LogP contribution in [0.3, 0.4) is 0 Å². The zero-order valence-corrected chi connectivity index (χ0v) is 19.6. The summed E-state index contributed by atoms with van der Waals surface area (Å²) in [5, 5.41) is 9.36. The fraction of sp³-hybridized carbons (Fsp3) is 0.182. The zero-order valence-electron chi connectivity index (χ0n) is 17.2. The summed E-state index contributed by atoms with van der Waals surface area (Å²) >= 11 is 3.39. The van der Waals surface area contributed by atoms with E-state index in [1.165, 1.54) is 12.1 Å². The van der Waals surface area contributed by atoms with Crippen LogP contribution in [0.15, 0.2) is 64.1 Å². The maximum Gasteiger partial charge on any atom is 0.175 e. The van der Waals surface area contributed by atoms with Crippen molar-refractivity contribution in [1.82, 2.24) is 15.0 Å². The minimum atomic E-state index is -3.30. The van der Waals surface area contributed by atoms with Gasteiger partial charge in [0, 0.05) is 28.6 Å². The average Bonchev–Trinajstić information content (AvgIpc) is 3.16. The Morgan fingerprint density at radius 1 is 1.09 bits per heavy atom. The van der Waals surface area contributed by atoms with Crippen molar-refractivity contribution >= 4 is 36.9 Å². The van der Waals surface area contributed by atoms with Gasteiger partial charge in [0.25, 0.3) is 0 Å². The van der Waals surface area contributed by atoms with Crippen molar-refractivity contribution < 1.29 is 23.0 Å². The number of benzene rings is 2. The van der Waals surface area contributed by atoms with Crippen LogP contribution in [0.25, 0.3) is 22.6 Å². The van der Waals surface area contributed by atoms with Crippen LogP contribution >= 0.6 is 15.9 Å². The molecule has 0 aliphatic heterocycles. The van der Waals surface area contributed by atoms with E-state index >= 15 is 0 Å². The molecule has 2 aromatic heterocycles. The Bertz CT molecular complexity index is 1370. The molecule has 0 radical (unpaired) electrons. The van der Waals surface area contributed by atoms with Crippen LogP contribution in [0, 0.1) is 0 Å². The van der Waals surface area contributed by atoms with E-state index in [2.05, 4.69) is 30.9 Å². The summed E-state index contributed by atoms with van der Waals surface area (Å²) in [6, 6.07) is 13.3. The van der Waals surface area contributed by atoms with Gasteiger partial charge >= 0.3 is 0 Å². The minimum Gasteiger partial charge on any atom is -0.488 e. The number of imidazole rings is 1. The lowest BCUT2D eigenvalue weighted by Gasteiger charge is -2.15. The molecule has 0 aliphatic rings. The monoisotopic (exact) mass is 517 g/mol. The third-order valence-corrected chi connectivity index (χ3v) is 6.10. The van der Waals surface area contributed by atoms with Gasteiger partial charge in [-0.2, -0.15) is 0 Å². The Morgan fingerprint density at radius 2 is 1.81 bits per heavy atom. The van der Waals surface area contributed by atoms with Gasteiger partial charge in [-0.25, -0.2) is 18.4 Å². The number of hydrogen-bond donors (Lipinski definition) is 2. The Labute approximate surface area is 193 Å². The van der Waals surface area contributed by atoms with Crippen molar-refractivity contribution in [3.63, 3.8) is 0 Å². The van der Waals surface area contributed by atoms with Gasteiger partial charge in [-0.05, 0) is 65.3 Å². The molecular weight excluding hydrogens is 498 g/mol. The molecule has 0 saturated carbocycles. The first kappa shape index (κ1) is 22.3. The molecule has 0 amide bonds. The van der Waals surface area contributed by atoms with Gasteiger partial charge in [-0.1, -0.05) is 0 Å². The van der Waals surface area contributed by atoms with Crippen LogP contribution in [0.4, 0.5) is 0 Å². The summed E-state index contributed by atoms with van der Waals surface area (Å²) < 4.78 is 35.9. The second-order valence-electron chi connectivity index (χ2n) is 7.26. The number of H-pyrrole nitrogens is 1. The molecule has 0 bridgehead atoms. The molecule has 8 nitrogen and oxygen atoms in total. The van der Waals surface area contributed by atoms with Crippen molar-refractivity contribution in [2.24, 2.45) is 0 Å². The van der Waals surface area contributed by atoms with Crippen molar-refractivity contribution in [2.75, 3.05) is 12.9 Å². The number of nitrogens with zero attached hydrogens (tertiary/aromatic N) is 2. The summed E-state index contributed by atoms with van der Waals surface area (Å²) in [6.07, 6.45) is 2.42. The first-order chi connectivity index (χ1) is 15.2. The van der Waals surface area contributed by atoms with Gasteiger partial charge in [0.2, 0.25) is 0 Å². The molecule has 4 rings (SSSR count). The largest absolute Gasteiger partial charge is 0.488 e. The Hall–Kier alpha value is -2.95. The number of aromatic amines is 1. The number of fused-ring (bicyclic) bond motifs is 1. The predicted octanol–water partition coefficient (Wildman–Crippen LogP) is 4.34. The molecular formula is C22H20BrN3O5S. The van der Waals surface area contributed by atoms with Gasteiger partial charge in [0.1, 0.15) is 34.7 Å². The van der Waals surface area contributed by atoms with Crippen molar-refractivity contribution in [3.8, 4) is 28.6 Å². The first-order valence-electron chi connectivity index (χ1n) is 9.63. The number of aliphatic hydroxyl groups is 1. The number of aliphatic hydroxyl groups excluding tert-OH is 1. The molecule has 1 atom stereocenters. The van der Waals surface area contributed by atoms with E-state index in [0.717, 1.165) is 10.7 Å². The molecule has 2 heterocycles. The molecule has 0 aliphatic carbocycles. The lowest BCUT2D eigenvalue weighted by atomic mass is 10.2.